The van der Waals surface area contributed by atoms with E-state index in [0.29, 0.717) is 16.9 Å². The summed E-state index contributed by atoms with van der Waals surface area (Å²) in [5, 5.41) is 3.41. The molecule has 0 aliphatic rings. The van der Waals surface area contributed by atoms with Crippen molar-refractivity contribution in [1.29, 1.82) is 0 Å². The average molecular weight is 354 g/mol. The second kappa shape index (κ2) is 5.89. The first-order valence-corrected chi connectivity index (χ1v) is 7.22. The molecule has 1 heterocycles. The van der Waals surface area contributed by atoms with E-state index in [0.717, 1.165) is 16.1 Å². The van der Waals surface area contributed by atoms with E-state index in [1.165, 1.54) is 0 Å². The lowest BCUT2D eigenvalue weighted by Crippen LogP contribution is -2.32. The van der Waals surface area contributed by atoms with Gasteiger partial charge in [0.25, 0.3) is 0 Å². The molecule has 0 fully saturated rings. The number of halogens is 1. The van der Waals surface area contributed by atoms with E-state index in [1.807, 2.05) is 6.07 Å². The van der Waals surface area contributed by atoms with Gasteiger partial charge in [-0.05, 0) is 39.0 Å². The molecule has 0 unspecified atom stereocenters. The van der Waals surface area contributed by atoms with Crippen LogP contribution in [-0.2, 0) is 11.3 Å². The van der Waals surface area contributed by atoms with Crippen LogP contribution in [-0.4, -0.2) is 18.0 Å². The number of nitrogens with one attached hydrogen (secondary N) is 1. The summed E-state index contributed by atoms with van der Waals surface area (Å²) in [6.07, 6.45) is 0.224. The van der Waals surface area contributed by atoms with E-state index < -0.39 is 11.7 Å². The van der Waals surface area contributed by atoms with Gasteiger partial charge in [0, 0.05) is 9.86 Å². The van der Waals surface area contributed by atoms with Gasteiger partial charge in [-0.1, -0.05) is 15.9 Å². The molecule has 5 nitrogen and oxygen atoms in total. The van der Waals surface area contributed by atoms with Crippen LogP contribution in [0.2, 0.25) is 0 Å². The molecule has 0 aliphatic heterocycles. The lowest BCUT2D eigenvalue weighted by atomic mass is 10.2. The molecule has 0 spiro atoms. The van der Waals surface area contributed by atoms with Gasteiger partial charge in [0.05, 0.1) is 12.1 Å². The molecule has 0 saturated heterocycles. The molecule has 0 radical (unpaired) electrons. The molecule has 1 N–H and O–H groups in total. The molecule has 2 aromatic rings. The van der Waals surface area contributed by atoms with Gasteiger partial charge in [0.1, 0.15) is 16.9 Å². The molecule has 1 aromatic carbocycles. The van der Waals surface area contributed by atoms with E-state index in [9.17, 15) is 9.59 Å². The van der Waals surface area contributed by atoms with Gasteiger partial charge < -0.3 is 14.5 Å². The van der Waals surface area contributed by atoms with Crippen molar-refractivity contribution < 1.29 is 18.7 Å². The summed E-state index contributed by atoms with van der Waals surface area (Å²) >= 11 is 3.34. The SMILES string of the molecule is CC(C)(C)OC(=O)NCc1cc2cc(Br)cc(C=O)c2o1. The molecule has 2 rings (SSSR count). The fourth-order valence-electron chi connectivity index (χ4n) is 1.84. The Morgan fingerprint density at radius 1 is 1.38 bits per heavy atom. The maximum absolute atomic E-state index is 11.6. The fourth-order valence-corrected chi connectivity index (χ4v) is 2.34. The van der Waals surface area contributed by atoms with Crippen molar-refractivity contribution in [2.45, 2.75) is 32.9 Å². The van der Waals surface area contributed by atoms with Crippen LogP contribution in [0.4, 0.5) is 4.79 Å². The van der Waals surface area contributed by atoms with Gasteiger partial charge >= 0.3 is 6.09 Å². The molecule has 21 heavy (non-hydrogen) atoms. The third-order valence-corrected chi connectivity index (χ3v) is 3.05. The summed E-state index contributed by atoms with van der Waals surface area (Å²) < 4.78 is 11.5. The van der Waals surface area contributed by atoms with Crippen molar-refractivity contribution in [3.05, 3.63) is 34.0 Å². The highest BCUT2D eigenvalue weighted by Gasteiger charge is 2.16. The highest BCUT2D eigenvalue weighted by Crippen LogP contribution is 2.26. The average Bonchev–Trinajstić information content (AvgIpc) is 2.76. The van der Waals surface area contributed by atoms with E-state index >= 15 is 0 Å². The minimum atomic E-state index is -0.548. The molecule has 6 heteroatoms. The smallest absolute Gasteiger partial charge is 0.408 e. The Morgan fingerprint density at radius 3 is 2.71 bits per heavy atom. The zero-order valence-electron chi connectivity index (χ0n) is 12.0. The third kappa shape index (κ3) is 4.07. The van der Waals surface area contributed by atoms with Crippen molar-refractivity contribution >= 4 is 39.3 Å². The van der Waals surface area contributed by atoms with E-state index in [1.54, 1.807) is 32.9 Å². The molecule has 0 atom stereocenters. The predicted octanol–water partition coefficient (Wildman–Crippen LogP) is 4.03. The molecule has 0 bridgehead atoms. The zero-order valence-corrected chi connectivity index (χ0v) is 13.6. The third-order valence-electron chi connectivity index (χ3n) is 2.59. The highest BCUT2D eigenvalue weighted by atomic mass is 79.9. The topological polar surface area (TPSA) is 68.5 Å². The van der Waals surface area contributed by atoms with Crippen LogP contribution < -0.4 is 5.32 Å². The van der Waals surface area contributed by atoms with Gasteiger partial charge in [-0.2, -0.15) is 0 Å². The van der Waals surface area contributed by atoms with Crippen LogP contribution in [0.5, 0.6) is 0 Å². The largest absolute Gasteiger partial charge is 0.458 e. The molecule has 1 aromatic heterocycles. The molecular formula is C15H16BrNO4. The van der Waals surface area contributed by atoms with Crippen molar-refractivity contribution in [3.8, 4) is 0 Å². The number of amides is 1. The fraction of sp³-hybridized carbons (Fsp3) is 0.333. The second-order valence-corrected chi connectivity index (χ2v) is 6.52. The lowest BCUT2D eigenvalue weighted by molar-refractivity contribution is 0.0520. The maximum Gasteiger partial charge on any atom is 0.408 e. The monoisotopic (exact) mass is 353 g/mol. The summed E-state index contributed by atoms with van der Waals surface area (Å²) in [6.45, 7) is 5.57. The summed E-state index contributed by atoms with van der Waals surface area (Å²) in [5.74, 6) is 0.553. The van der Waals surface area contributed by atoms with Crippen LogP contribution in [0.3, 0.4) is 0 Å². The van der Waals surface area contributed by atoms with Crippen LogP contribution in [0, 0.1) is 0 Å². The number of rotatable bonds is 3. The van der Waals surface area contributed by atoms with E-state index in [4.69, 9.17) is 9.15 Å². The number of hydrogen-bond donors (Lipinski definition) is 1. The first-order valence-electron chi connectivity index (χ1n) is 6.42. The summed E-state index contributed by atoms with van der Waals surface area (Å²) in [6, 6.07) is 5.32. The van der Waals surface area contributed by atoms with Gasteiger partial charge in [-0.3, -0.25) is 4.79 Å². The number of benzene rings is 1. The Kier molecular flexibility index (Phi) is 4.37. The first kappa shape index (κ1) is 15.6. The summed E-state index contributed by atoms with van der Waals surface area (Å²) in [5.41, 5.74) is 0.421. The van der Waals surface area contributed by atoms with Crippen molar-refractivity contribution in [1.82, 2.24) is 5.32 Å². The normalized spacial score (nSPS) is 11.4. The number of carbonyl (C=O) groups excluding carboxylic acids is 2. The number of ether oxygens (including phenoxy) is 1. The minimum Gasteiger partial charge on any atom is -0.458 e. The number of hydrogen-bond acceptors (Lipinski definition) is 4. The first-order chi connectivity index (χ1) is 9.78. The highest BCUT2D eigenvalue weighted by molar-refractivity contribution is 9.10. The van der Waals surface area contributed by atoms with Crippen LogP contribution >= 0.6 is 15.9 Å². The van der Waals surface area contributed by atoms with Crippen LogP contribution in [0.1, 0.15) is 36.9 Å². The second-order valence-electron chi connectivity index (χ2n) is 5.60. The molecular weight excluding hydrogens is 338 g/mol. The number of furan rings is 1. The predicted molar refractivity (Wildman–Crippen MR) is 82.4 cm³/mol. The lowest BCUT2D eigenvalue weighted by Gasteiger charge is -2.19. The number of alkyl carbamates (subject to hydrolysis) is 1. The Hall–Kier alpha value is -1.82. The van der Waals surface area contributed by atoms with E-state index in [-0.39, 0.29) is 6.54 Å². The van der Waals surface area contributed by atoms with Crippen LogP contribution in [0.15, 0.2) is 27.1 Å². The standard InChI is InChI=1S/C15H16BrNO4/c1-15(2,3)21-14(19)17-7-12-6-9-4-11(16)5-10(8-18)13(9)20-12/h4-6,8H,7H2,1-3H3,(H,17,19). The van der Waals surface area contributed by atoms with Crippen LogP contribution in [0.25, 0.3) is 11.0 Å². The van der Waals surface area contributed by atoms with Gasteiger partial charge in [0.2, 0.25) is 0 Å². The molecule has 112 valence electrons. The number of aldehydes is 1. The number of fused-ring (bicyclic) bond motifs is 1. The number of carbonyl (C=O) groups is 2. The van der Waals surface area contributed by atoms with Gasteiger partial charge in [-0.25, -0.2) is 4.79 Å². The molecule has 0 aliphatic carbocycles. The zero-order chi connectivity index (χ0) is 15.6. The maximum atomic E-state index is 11.6. The Labute approximate surface area is 130 Å². The van der Waals surface area contributed by atoms with E-state index in [2.05, 4.69) is 21.2 Å². The Bertz CT molecular complexity index is 685. The Balaban J connectivity index is 2.13. The summed E-state index contributed by atoms with van der Waals surface area (Å²) in [4.78, 5) is 22.6. The van der Waals surface area contributed by atoms with Gasteiger partial charge in [-0.15, -0.1) is 0 Å². The summed E-state index contributed by atoms with van der Waals surface area (Å²) in [7, 11) is 0. The Morgan fingerprint density at radius 2 is 2.10 bits per heavy atom. The van der Waals surface area contributed by atoms with Crippen molar-refractivity contribution in [2.75, 3.05) is 0 Å². The quantitative estimate of drug-likeness (QED) is 0.845. The molecule has 0 saturated carbocycles. The minimum absolute atomic E-state index is 0.194. The van der Waals surface area contributed by atoms with Crippen molar-refractivity contribution in [3.63, 3.8) is 0 Å². The molecule has 1 amide bonds. The van der Waals surface area contributed by atoms with Crippen molar-refractivity contribution in [2.24, 2.45) is 0 Å². The van der Waals surface area contributed by atoms with Gasteiger partial charge in [0.15, 0.2) is 6.29 Å².